The second kappa shape index (κ2) is 9.96. The summed E-state index contributed by atoms with van der Waals surface area (Å²) in [5, 5.41) is 3.59. The third-order valence-corrected chi connectivity index (χ3v) is 6.21. The number of rotatable bonds is 9. The van der Waals surface area contributed by atoms with Crippen LogP contribution in [-0.2, 0) is 6.18 Å². The van der Waals surface area contributed by atoms with Gasteiger partial charge in [0, 0.05) is 35.3 Å². The molecule has 1 heterocycles. The lowest BCUT2D eigenvalue weighted by Crippen LogP contribution is -2.26. The van der Waals surface area contributed by atoms with Crippen LogP contribution in [0, 0.1) is 12.7 Å². The number of methoxy groups -OCH3 is 1. The average Bonchev–Trinajstić information content (AvgIpc) is 3.65. The topological polar surface area (TPSA) is 85.5 Å². The third-order valence-electron chi connectivity index (χ3n) is 6.21. The van der Waals surface area contributed by atoms with Crippen molar-refractivity contribution in [1.82, 2.24) is 14.9 Å². The van der Waals surface area contributed by atoms with Crippen molar-refractivity contribution >= 4 is 22.4 Å². The summed E-state index contributed by atoms with van der Waals surface area (Å²) in [7, 11) is 3.58. The molecule has 36 heavy (non-hydrogen) atoms. The molecule has 11 heteroatoms. The SMILES string of the molecule is COc1cc2nc(C)nc(N[C@H](C)c3cc(N)cc(C(F)(F)F)c3F)c2cc1OCCN(C)C1CC1. The van der Waals surface area contributed by atoms with Gasteiger partial charge in [-0.1, -0.05) is 0 Å². The van der Waals surface area contributed by atoms with Crippen LogP contribution in [0.4, 0.5) is 29.1 Å². The van der Waals surface area contributed by atoms with Crippen LogP contribution in [0.15, 0.2) is 24.3 Å². The predicted octanol–water partition coefficient (Wildman–Crippen LogP) is 5.33. The van der Waals surface area contributed by atoms with Crippen molar-refractivity contribution < 1.29 is 27.0 Å². The Morgan fingerprint density at radius 2 is 1.89 bits per heavy atom. The first-order chi connectivity index (χ1) is 17.0. The van der Waals surface area contributed by atoms with E-state index in [4.69, 9.17) is 15.2 Å². The van der Waals surface area contributed by atoms with Crippen LogP contribution in [0.25, 0.3) is 10.9 Å². The summed E-state index contributed by atoms with van der Waals surface area (Å²) in [6.45, 7) is 4.41. The minimum Gasteiger partial charge on any atom is -0.493 e. The number of hydrogen-bond donors (Lipinski definition) is 2. The number of halogens is 4. The van der Waals surface area contributed by atoms with Crippen molar-refractivity contribution in [3.8, 4) is 11.5 Å². The Morgan fingerprint density at radius 3 is 2.53 bits per heavy atom. The number of likely N-dealkylation sites (N-methyl/N-ethyl adjacent to an activating group) is 1. The van der Waals surface area contributed by atoms with Crippen LogP contribution < -0.4 is 20.5 Å². The predicted molar refractivity (Wildman–Crippen MR) is 130 cm³/mol. The molecule has 0 unspecified atom stereocenters. The molecular formula is C25H29F4N5O2. The van der Waals surface area contributed by atoms with Crippen LogP contribution in [0.2, 0.25) is 0 Å². The lowest BCUT2D eigenvalue weighted by atomic mass is 10.0. The zero-order valence-corrected chi connectivity index (χ0v) is 20.5. The van der Waals surface area contributed by atoms with Crippen LogP contribution in [0.1, 0.15) is 42.8 Å². The molecule has 0 amide bonds. The molecule has 1 atom stereocenters. The number of aryl methyl sites for hydroxylation is 1. The number of anilines is 2. The van der Waals surface area contributed by atoms with E-state index in [1.807, 2.05) is 0 Å². The minimum atomic E-state index is -4.87. The van der Waals surface area contributed by atoms with E-state index in [0.717, 1.165) is 6.54 Å². The maximum Gasteiger partial charge on any atom is 0.419 e. The fourth-order valence-corrected chi connectivity index (χ4v) is 4.11. The maximum atomic E-state index is 14.8. The Balaban J connectivity index is 1.66. The van der Waals surface area contributed by atoms with Crippen LogP contribution in [0.5, 0.6) is 11.5 Å². The molecule has 0 spiro atoms. The zero-order chi connectivity index (χ0) is 26.2. The van der Waals surface area contributed by atoms with Crippen molar-refractivity contribution in [1.29, 1.82) is 0 Å². The zero-order valence-electron chi connectivity index (χ0n) is 20.5. The standard InChI is InChI=1S/C25H29F4N5O2/c1-13(17-9-15(30)10-19(23(17)26)25(27,28)29)31-24-18-11-22(36-8-7-34(3)16-5-6-16)21(35-4)12-20(18)32-14(2)33-24/h9-13,16H,5-8,30H2,1-4H3,(H,31,32,33)/t13-/m1/s1. The molecule has 194 valence electrons. The maximum absolute atomic E-state index is 14.8. The smallest absolute Gasteiger partial charge is 0.419 e. The number of ether oxygens (including phenoxy) is 2. The van der Waals surface area contributed by atoms with Gasteiger partial charge >= 0.3 is 6.18 Å². The summed E-state index contributed by atoms with van der Waals surface area (Å²) in [6, 6.07) is 4.93. The van der Waals surface area contributed by atoms with Gasteiger partial charge in [-0.2, -0.15) is 13.2 Å². The minimum absolute atomic E-state index is 0.187. The van der Waals surface area contributed by atoms with Gasteiger partial charge in [0.2, 0.25) is 0 Å². The number of hydrogen-bond acceptors (Lipinski definition) is 7. The monoisotopic (exact) mass is 507 g/mol. The highest BCUT2D eigenvalue weighted by atomic mass is 19.4. The van der Waals surface area contributed by atoms with Crippen LogP contribution in [-0.4, -0.2) is 48.2 Å². The molecule has 3 aromatic rings. The molecule has 0 bridgehead atoms. The van der Waals surface area contributed by atoms with E-state index in [0.29, 0.717) is 52.8 Å². The van der Waals surface area contributed by atoms with Gasteiger partial charge in [-0.3, -0.25) is 0 Å². The summed E-state index contributed by atoms with van der Waals surface area (Å²) in [4.78, 5) is 11.1. The number of nitrogens with two attached hydrogens (primary N) is 1. The van der Waals surface area contributed by atoms with E-state index in [1.165, 1.54) is 32.9 Å². The van der Waals surface area contributed by atoms with Gasteiger partial charge in [-0.15, -0.1) is 0 Å². The normalized spacial score (nSPS) is 14.8. The summed E-state index contributed by atoms with van der Waals surface area (Å²) in [5.41, 5.74) is 4.38. The van der Waals surface area contributed by atoms with Gasteiger partial charge in [-0.05, 0) is 51.9 Å². The Kier molecular flexibility index (Phi) is 7.12. The Morgan fingerprint density at radius 1 is 1.17 bits per heavy atom. The molecule has 1 saturated carbocycles. The van der Waals surface area contributed by atoms with Gasteiger partial charge in [-0.25, -0.2) is 14.4 Å². The Bertz CT molecular complexity index is 1260. The molecule has 1 fully saturated rings. The van der Waals surface area contributed by atoms with Gasteiger partial charge in [0.25, 0.3) is 0 Å². The van der Waals surface area contributed by atoms with Gasteiger partial charge in [0.05, 0.1) is 24.2 Å². The number of nitrogens with one attached hydrogen (secondary N) is 1. The molecule has 2 aromatic carbocycles. The van der Waals surface area contributed by atoms with E-state index in [9.17, 15) is 17.6 Å². The molecule has 0 radical (unpaired) electrons. The van der Waals surface area contributed by atoms with Gasteiger partial charge < -0.3 is 25.4 Å². The summed E-state index contributed by atoms with van der Waals surface area (Å²) in [5.74, 6) is 0.334. The number of nitrogen functional groups attached to an aromatic ring is 1. The Hall–Kier alpha value is -3.34. The second-order valence-electron chi connectivity index (χ2n) is 9.04. The number of aromatic nitrogens is 2. The van der Waals surface area contributed by atoms with E-state index in [1.54, 1.807) is 19.1 Å². The van der Waals surface area contributed by atoms with Gasteiger partial charge in [0.15, 0.2) is 11.5 Å². The quantitative estimate of drug-likeness (QED) is 0.299. The van der Waals surface area contributed by atoms with Gasteiger partial charge in [0.1, 0.15) is 24.1 Å². The number of alkyl halides is 3. The summed E-state index contributed by atoms with van der Waals surface area (Å²) < 4.78 is 66.2. The first kappa shape index (κ1) is 25.7. The molecule has 1 aliphatic carbocycles. The molecule has 1 aromatic heterocycles. The summed E-state index contributed by atoms with van der Waals surface area (Å²) >= 11 is 0. The number of fused-ring (bicyclic) bond motifs is 1. The third kappa shape index (κ3) is 5.56. The van der Waals surface area contributed by atoms with E-state index < -0.39 is 23.6 Å². The number of benzene rings is 2. The molecule has 1 aliphatic rings. The lowest BCUT2D eigenvalue weighted by Gasteiger charge is -2.21. The first-order valence-corrected chi connectivity index (χ1v) is 11.6. The molecular weight excluding hydrogens is 478 g/mol. The Labute approximate surface area is 206 Å². The van der Waals surface area contributed by atoms with Crippen molar-refractivity contribution in [2.45, 2.75) is 44.9 Å². The van der Waals surface area contributed by atoms with Crippen molar-refractivity contribution in [3.05, 3.63) is 47.0 Å². The van der Waals surface area contributed by atoms with E-state index in [2.05, 4.69) is 27.2 Å². The molecule has 0 saturated heterocycles. The molecule has 4 rings (SSSR count). The second-order valence-corrected chi connectivity index (χ2v) is 9.04. The number of nitrogens with zero attached hydrogens (tertiary/aromatic N) is 3. The van der Waals surface area contributed by atoms with E-state index in [-0.39, 0.29) is 11.3 Å². The highest BCUT2D eigenvalue weighted by Gasteiger charge is 2.36. The van der Waals surface area contributed by atoms with Crippen molar-refractivity contribution in [3.63, 3.8) is 0 Å². The first-order valence-electron chi connectivity index (χ1n) is 11.6. The lowest BCUT2D eigenvalue weighted by molar-refractivity contribution is -0.140. The fraction of sp³-hybridized carbons (Fsp3) is 0.440. The molecule has 0 aliphatic heterocycles. The summed E-state index contributed by atoms with van der Waals surface area (Å²) in [6.07, 6.45) is -2.49. The highest BCUT2D eigenvalue weighted by molar-refractivity contribution is 5.92. The van der Waals surface area contributed by atoms with Crippen molar-refractivity contribution in [2.75, 3.05) is 38.4 Å². The highest BCUT2D eigenvalue weighted by Crippen LogP contribution is 2.38. The average molecular weight is 508 g/mol. The van der Waals surface area contributed by atoms with Crippen LogP contribution >= 0.6 is 0 Å². The largest absolute Gasteiger partial charge is 0.493 e. The molecule has 7 nitrogen and oxygen atoms in total. The van der Waals surface area contributed by atoms with Crippen LogP contribution in [0.3, 0.4) is 0 Å². The van der Waals surface area contributed by atoms with E-state index >= 15 is 0 Å². The van der Waals surface area contributed by atoms with Crippen molar-refractivity contribution in [2.24, 2.45) is 0 Å². The molecule has 3 N–H and O–H groups in total. The fourth-order valence-electron chi connectivity index (χ4n) is 4.11.